The minimum absolute atomic E-state index is 0. The molecule has 2 fully saturated rings. The van der Waals surface area contributed by atoms with Crippen molar-refractivity contribution in [1.29, 1.82) is 0 Å². The van der Waals surface area contributed by atoms with Gasteiger partial charge in [0.2, 0.25) is 11.8 Å². The van der Waals surface area contributed by atoms with E-state index < -0.39 is 71.0 Å². The zero-order chi connectivity index (χ0) is 71.8. The van der Waals surface area contributed by atoms with E-state index in [4.69, 9.17) is 4.74 Å². The molecule has 5 aliphatic rings. The van der Waals surface area contributed by atoms with Crippen LogP contribution < -0.4 is 31.9 Å². The number of morpholine rings is 1. The number of ketones is 1. The summed E-state index contributed by atoms with van der Waals surface area (Å²) in [7, 11) is 0. The lowest BCUT2D eigenvalue weighted by Crippen LogP contribution is -2.43. The van der Waals surface area contributed by atoms with E-state index in [2.05, 4.69) is 46.9 Å². The van der Waals surface area contributed by atoms with Crippen LogP contribution in [-0.2, 0) is 33.5 Å². The summed E-state index contributed by atoms with van der Waals surface area (Å²) < 4.78 is 75.0. The fraction of sp³-hybridized carbons (Fsp3) is 0.375. The molecule has 0 saturated carbocycles. The van der Waals surface area contributed by atoms with Gasteiger partial charge in [0.15, 0.2) is 23.3 Å². The number of hydrogen-bond acceptors (Lipinski definition) is 13. The number of benzene rings is 3. The highest BCUT2D eigenvalue weighted by atomic mass is 19.2. The summed E-state index contributed by atoms with van der Waals surface area (Å²) in [6.45, 7) is 14.4. The molecule has 0 aliphatic carbocycles. The molecule has 5 aliphatic heterocycles. The van der Waals surface area contributed by atoms with Crippen LogP contribution >= 0.6 is 0 Å². The lowest BCUT2D eigenvalue weighted by Gasteiger charge is -2.27. The van der Waals surface area contributed by atoms with Crippen molar-refractivity contribution < 1.29 is 85.2 Å². The van der Waals surface area contributed by atoms with Crippen LogP contribution in [0.1, 0.15) is 159 Å². The first-order valence-electron chi connectivity index (χ1n) is 32.0. The van der Waals surface area contributed by atoms with Crippen molar-refractivity contribution in [2.45, 2.75) is 120 Å². The van der Waals surface area contributed by atoms with Gasteiger partial charge in [0.05, 0.1) is 89.2 Å². The van der Waals surface area contributed by atoms with Gasteiger partial charge in [-0.2, -0.15) is 0 Å². The van der Waals surface area contributed by atoms with Gasteiger partial charge in [-0.05, 0) is 145 Å². The summed E-state index contributed by atoms with van der Waals surface area (Å²) in [5.41, 5.74) is 6.71. The number of nitrogens with zero attached hydrogens (tertiary/aromatic N) is 2. The Labute approximate surface area is 579 Å². The van der Waals surface area contributed by atoms with Crippen LogP contribution in [0.2, 0.25) is 0 Å². The topological polar surface area (TPSA) is 350 Å². The number of aryl methyl sites for hydroxylation is 3. The fourth-order valence-corrected chi connectivity index (χ4v) is 12.3. The molecule has 540 valence electrons. The van der Waals surface area contributed by atoms with Crippen molar-refractivity contribution in [1.82, 2.24) is 40.7 Å². The van der Waals surface area contributed by atoms with Crippen molar-refractivity contribution in [2.24, 2.45) is 0 Å². The second kappa shape index (κ2) is 33.7. The highest BCUT2D eigenvalue weighted by molar-refractivity contribution is 6.36. The van der Waals surface area contributed by atoms with Crippen LogP contribution in [-0.4, -0.2) is 170 Å². The number of rotatable bonds is 18. The molecule has 3 aromatic heterocycles. The van der Waals surface area contributed by atoms with Gasteiger partial charge < -0.3 is 76.7 Å². The van der Waals surface area contributed by atoms with Gasteiger partial charge in [0.1, 0.15) is 11.6 Å². The summed E-state index contributed by atoms with van der Waals surface area (Å²) in [6.07, 6.45) is 4.15. The molecule has 3 aromatic carbocycles. The number of carbonyl (C=O) groups is 9. The molecule has 0 bridgehead atoms. The highest BCUT2D eigenvalue weighted by Gasteiger charge is 2.34. The number of carbonyl (C=O) groups excluding carboxylic acids is 9. The number of fused-ring (bicyclic) bond motifs is 3. The Bertz CT molecular complexity index is 4330. The molecular weight excluding hydrogens is 1320 g/mol. The number of aromatic nitrogens is 3. The fourth-order valence-electron chi connectivity index (χ4n) is 12.3. The molecule has 101 heavy (non-hydrogen) atoms. The largest absolute Gasteiger partial charge is 0.391 e. The number of amides is 8. The van der Waals surface area contributed by atoms with E-state index in [9.17, 15) is 80.4 Å². The molecule has 8 amide bonds. The number of nitrogens with one attached hydrogen (secondary N) is 9. The van der Waals surface area contributed by atoms with E-state index >= 15 is 0 Å². The average molecular weight is 1410 g/mol. The number of anilines is 3. The van der Waals surface area contributed by atoms with Gasteiger partial charge in [0, 0.05) is 109 Å². The molecule has 6 aromatic rings. The second-order valence-corrected chi connectivity index (χ2v) is 24.6. The molecule has 8 heterocycles. The smallest absolute Gasteiger partial charge is 0.256 e. The Hall–Kier alpha value is -10.4. The molecule has 3 atom stereocenters. The lowest BCUT2D eigenvalue weighted by atomic mass is 10.0. The van der Waals surface area contributed by atoms with Crippen LogP contribution in [0.15, 0.2) is 42.5 Å². The van der Waals surface area contributed by atoms with Crippen molar-refractivity contribution in [3.8, 4) is 0 Å². The summed E-state index contributed by atoms with van der Waals surface area (Å²) in [5, 5.41) is 45.8. The molecule has 2 saturated heterocycles. The van der Waals surface area contributed by atoms with Gasteiger partial charge >= 0.3 is 0 Å². The maximum atomic E-state index is 14.4. The molecule has 0 radical (unpaired) electrons. The van der Waals surface area contributed by atoms with Crippen LogP contribution in [0.3, 0.4) is 0 Å². The number of likely N-dealkylation sites (tertiary alicyclic amines) is 1. The Balaban J connectivity index is 0.000000211. The number of H-pyrrole nitrogens is 3. The van der Waals surface area contributed by atoms with E-state index in [0.717, 1.165) is 31.4 Å². The van der Waals surface area contributed by atoms with Crippen LogP contribution in [0.25, 0.3) is 34.9 Å². The number of Topliss-reactive ketones (excluding diaryl/α,β-unsaturated/α-hetero) is 1. The van der Waals surface area contributed by atoms with Gasteiger partial charge in [-0.3, -0.25) is 43.2 Å². The van der Waals surface area contributed by atoms with Gasteiger partial charge in [-0.1, -0.05) is 14.9 Å². The Kier molecular flexibility index (Phi) is 26.0. The number of ether oxygens (including phenoxy) is 1. The summed E-state index contributed by atoms with van der Waals surface area (Å²) >= 11 is 0. The standard InChI is InChI=1S/C25H29FN4O4.C24H26F2N4O5.C21H21F2N3O4.2CH4/c1-14-21(12-19-18-10-16(26)6-7-20(18)29-24(19)33)28-15(2)23(14)25(34)27-13-17(31)11-22(32)30-8-4-3-5-9-30;1-12-18(10-15-21-17(29-23(15)33)4-3-16(25)22(21)26)28-13(2)20(12)24(34)27-11-14(31)9-19(32)30-5-7-35-8-6-30;1-9(27)6-12(28)8-24-21(30)17-10(2)16(25-11(17)3)7-13-18-15(26-20(13)29)5-4-14(22)19(18)23;;/h6-7,10,12,17,28,31H,3-5,8-9,11,13H2,1-2H3,(H,27,34)(H,29,33);3-4,10,14,28,31H,5-9,11H2,1-2H3,(H,27,34)(H,29,33);4-5,7,12,25,28H,6,8H2,1-3H3,(H,24,30)(H,26,29);2*1H4/b19-12-;15-10-;13-7-;;. The monoisotopic (exact) mass is 1410 g/mol. The quantitative estimate of drug-likeness (QED) is 0.0285. The predicted octanol–water partition coefficient (Wildman–Crippen LogP) is 8.24. The van der Waals surface area contributed by atoms with Crippen molar-refractivity contribution in [2.75, 3.05) is 75.0 Å². The van der Waals surface area contributed by atoms with Crippen molar-refractivity contribution in [3.05, 3.63) is 156 Å². The van der Waals surface area contributed by atoms with Crippen molar-refractivity contribution in [3.63, 3.8) is 0 Å². The first kappa shape index (κ1) is 78.0. The zero-order valence-electron chi connectivity index (χ0n) is 55.3. The SMILES string of the molecule is C.C.CC(=O)CC(O)CNC(=O)c1c(C)[nH]c(/C=C2\C(=O)Nc3ccc(F)c(F)c32)c1C.Cc1[nH]c(/C=C2\C(=O)Nc3ccc(F)c(F)c32)c(C)c1C(=O)NCC(O)CC(=O)N1CCOCC1.Cc1[nH]c(/C=C2\C(=O)Nc3ccc(F)cc32)c(C)c1C(=O)NCC(O)CC(=O)N1CCCCC1. The summed E-state index contributed by atoms with van der Waals surface area (Å²) in [6, 6.07) is 8.53. The summed E-state index contributed by atoms with van der Waals surface area (Å²) in [4.78, 5) is 123. The van der Waals surface area contributed by atoms with Crippen LogP contribution in [0, 0.1) is 70.6 Å². The number of halogens is 5. The second-order valence-electron chi connectivity index (χ2n) is 24.6. The average Bonchev–Trinajstić information content (AvgIpc) is 1.64. The molecule has 3 unspecified atom stereocenters. The van der Waals surface area contributed by atoms with E-state index in [1.54, 1.807) is 57.4 Å². The minimum Gasteiger partial charge on any atom is -0.391 e. The van der Waals surface area contributed by atoms with Gasteiger partial charge in [0.25, 0.3) is 35.4 Å². The highest BCUT2D eigenvalue weighted by Crippen LogP contribution is 2.39. The Morgan fingerprint density at radius 1 is 0.505 bits per heavy atom. The van der Waals surface area contributed by atoms with E-state index in [1.165, 1.54) is 49.4 Å². The Morgan fingerprint density at radius 2 is 0.861 bits per heavy atom. The molecular formula is C72H84F5N11O13. The third kappa shape index (κ3) is 18.0. The normalized spacial score (nSPS) is 16.4. The molecule has 24 nitrogen and oxygen atoms in total. The number of aromatic amines is 3. The maximum Gasteiger partial charge on any atom is 0.256 e. The van der Waals surface area contributed by atoms with Gasteiger partial charge in [-0.25, -0.2) is 22.0 Å². The first-order chi connectivity index (χ1) is 47.0. The van der Waals surface area contributed by atoms with Crippen LogP contribution in [0.4, 0.5) is 39.0 Å². The number of aliphatic hydroxyl groups is 3. The maximum absolute atomic E-state index is 14.4. The van der Waals surface area contributed by atoms with Gasteiger partial charge in [-0.15, -0.1) is 0 Å². The molecule has 11 rings (SSSR count). The van der Waals surface area contributed by atoms with E-state index in [0.29, 0.717) is 124 Å². The van der Waals surface area contributed by atoms with Crippen LogP contribution in [0.5, 0.6) is 0 Å². The third-order valence-corrected chi connectivity index (χ3v) is 17.4. The predicted molar refractivity (Wildman–Crippen MR) is 370 cm³/mol. The number of aliphatic hydroxyl groups excluding tert-OH is 3. The minimum atomic E-state index is -1.13. The van der Waals surface area contributed by atoms with E-state index in [1.807, 2.05) is 0 Å². The third-order valence-electron chi connectivity index (χ3n) is 17.4. The molecule has 0 spiro atoms. The number of hydrogen-bond donors (Lipinski definition) is 12. The molecule has 12 N–H and O–H groups in total. The first-order valence-corrected chi connectivity index (χ1v) is 32.0. The Morgan fingerprint density at radius 3 is 1.27 bits per heavy atom. The zero-order valence-corrected chi connectivity index (χ0v) is 55.3. The molecule has 29 heteroatoms. The van der Waals surface area contributed by atoms with E-state index in [-0.39, 0.29) is 117 Å². The lowest BCUT2D eigenvalue weighted by molar-refractivity contribution is -0.137. The summed E-state index contributed by atoms with van der Waals surface area (Å²) in [5.74, 6) is -8.21. The number of piperidine rings is 1. The van der Waals surface area contributed by atoms with Crippen molar-refractivity contribution >= 4 is 105 Å².